The monoisotopic (exact) mass is 389 g/mol. The molecule has 1 aromatic carbocycles. The number of hydrogen-bond donors (Lipinski definition) is 1. The van der Waals surface area contributed by atoms with Gasteiger partial charge in [0.1, 0.15) is 12.4 Å². The van der Waals surface area contributed by atoms with Crippen molar-refractivity contribution in [1.82, 2.24) is 5.32 Å². The van der Waals surface area contributed by atoms with E-state index in [0.29, 0.717) is 6.61 Å². The molecule has 0 aliphatic heterocycles. The highest BCUT2D eigenvalue weighted by atomic mass is 79.9. The maximum Gasteiger partial charge on any atom is 0.124 e. The van der Waals surface area contributed by atoms with Gasteiger partial charge in [0.25, 0.3) is 0 Å². The number of ether oxygens (including phenoxy) is 1. The first-order valence-corrected chi connectivity index (χ1v) is 8.30. The molecular weight excluding hydrogens is 370 g/mol. The number of nitrogens with one attached hydrogen (secondary N) is 1. The molecular formula is C16H21BrClNOS. The highest BCUT2D eigenvalue weighted by molar-refractivity contribution is 9.10. The molecule has 1 heterocycles. The van der Waals surface area contributed by atoms with E-state index in [4.69, 9.17) is 4.74 Å². The normalized spacial score (nSPS) is 11.0. The zero-order chi connectivity index (χ0) is 14.6. The summed E-state index contributed by atoms with van der Waals surface area (Å²) in [4.78, 5) is 1.24. The summed E-state index contributed by atoms with van der Waals surface area (Å²) in [6.45, 7) is 7.91. The standard InChI is InChI=1S/C16H20BrNOS.ClH/c1-16(2,3)18-10-12-9-13(17)6-7-15(12)19-11-14-5-4-8-20-14;/h4-9,18H,10-11H2,1-3H3;1H. The first-order chi connectivity index (χ1) is 9.44. The fourth-order valence-corrected chi connectivity index (χ4v) is 2.76. The maximum absolute atomic E-state index is 5.95. The van der Waals surface area contributed by atoms with Crippen molar-refractivity contribution in [2.24, 2.45) is 0 Å². The number of thiophene rings is 1. The lowest BCUT2D eigenvalue weighted by atomic mass is 10.1. The van der Waals surface area contributed by atoms with Crippen LogP contribution >= 0.6 is 39.7 Å². The SMILES string of the molecule is CC(C)(C)NCc1cc(Br)ccc1OCc1cccs1.Cl. The van der Waals surface area contributed by atoms with Crippen LogP contribution in [-0.4, -0.2) is 5.54 Å². The molecule has 5 heteroatoms. The molecule has 0 spiro atoms. The molecule has 21 heavy (non-hydrogen) atoms. The average molecular weight is 391 g/mol. The topological polar surface area (TPSA) is 21.3 Å². The molecule has 116 valence electrons. The van der Waals surface area contributed by atoms with Crippen molar-refractivity contribution < 1.29 is 4.74 Å². The van der Waals surface area contributed by atoms with Crippen molar-refractivity contribution in [2.45, 2.75) is 39.5 Å². The zero-order valence-corrected chi connectivity index (χ0v) is 15.7. The average Bonchev–Trinajstić information content (AvgIpc) is 2.87. The molecule has 1 N–H and O–H groups in total. The number of benzene rings is 1. The van der Waals surface area contributed by atoms with Crippen molar-refractivity contribution in [2.75, 3.05) is 0 Å². The summed E-state index contributed by atoms with van der Waals surface area (Å²) in [6.07, 6.45) is 0. The molecule has 0 bridgehead atoms. The van der Waals surface area contributed by atoms with Gasteiger partial charge in [0, 0.05) is 27.0 Å². The van der Waals surface area contributed by atoms with E-state index in [1.165, 1.54) is 10.4 Å². The largest absolute Gasteiger partial charge is 0.488 e. The summed E-state index contributed by atoms with van der Waals surface area (Å²) < 4.78 is 7.03. The van der Waals surface area contributed by atoms with Gasteiger partial charge < -0.3 is 10.1 Å². The minimum atomic E-state index is 0. The molecule has 0 fully saturated rings. The van der Waals surface area contributed by atoms with Crippen LogP contribution in [0.3, 0.4) is 0 Å². The third-order valence-electron chi connectivity index (χ3n) is 2.78. The minimum absolute atomic E-state index is 0. The number of rotatable bonds is 5. The van der Waals surface area contributed by atoms with Gasteiger partial charge >= 0.3 is 0 Å². The van der Waals surface area contributed by atoms with Crippen LogP contribution in [0.25, 0.3) is 0 Å². The van der Waals surface area contributed by atoms with Gasteiger partial charge in [0.05, 0.1) is 0 Å². The Balaban J connectivity index is 0.00000220. The Morgan fingerprint density at radius 3 is 2.62 bits per heavy atom. The predicted molar refractivity (Wildman–Crippen MR) is 96.6 cm³/mol. The van der Waals surface area contributed by atoms with Crippen LogP contribution in [0, 0.1) is 0 Å². The Kier molecular flexibility index (Phi) is 7.21. The summed E-state index contributed by atoms with van der Waals surface area (Å²) in [5.41, 5.74) is 1.26. The van der Waals surface area contributed by atoms with Gasteiger partial charge in [-0.1, -0.05) is 22.0 Å². The van der Waals surface area contributed by atoms with Crippen molar-refractivity contribution in [3.05, 3.63) is 50.6 Å². The van der Waals surface area contributed by atoms with Crippen molar-refractivity contribution in [3.63, 3.8) is 0 Å². The van der Waals surface area contributed by atoms with Gasteiger partial charge in [0.2, 0.25) is 0 Å². The predicted octanol–water partition coefficient (Wildman–Crippen LogP) is 5.40. The number of halogens is 2. The Morgan fingerprint density at radius 2 is 2.00 bits per heavy atom. The second kappa shape index (κ2) is 8.18. The molecule has 2 nitrogen and oxygen atoms in total. The maximum atomic E-state index is 5.95. The highest BCUT2D eigenvalue weighted by Gasteiger charge is 2.11. The fraction of sp³-hybridized carbons (Fsp3) is 0.375. The van der Waals surface area contributed by atoms with Gasteiger partial charge in [0.15, 0.2) is 0 Å². The van der Waals surface area contributed by atoms with Crippen molar-refractivity contribution in [3.8, 4) is 5.75 Å². The first kappa shape index (κ1) is 18.5. The molecule has 0 amide bonds. The summed E-state index contributed by atoms with van der Waals surface area (Å²) in [5, 5.41) is 5.57. The van der Waals surface area contributed by atoms with E-state index in [-0.39, 0.29) is 17.9 Å². The van der Waals surface area contributed by atoms with Gasteiger partial charge in [-0.05, 0) is 50.4 Å². The lowest BCUT2D eigenvalue weighted by Crippen LogP contribution is -2.35. The quantitative estimate of drug-likeness (QED) is 0.738. The van der Waals surface area contributed by atoms with Crippen LogP contribution in [0.15, 0.2) is 40.2 Å². The van der Waals surface area contributed by atoms with Crippen LogP contribution in [0.4, 0.5) is 0 Å². The lowest BCUT2D eigenvalue weighted by Gasteiger charge is -2.21. The summed E-state index contributed by atoms with van der Waals surface area (Å²) in [6, 6.07) is 10.3. The van der Waals surface area contributed by atoms with E-state index >= 15 is 0 Å². The van der Waals surface area contributed by atoms with Crippen LogP contribution < -0.4 is 10.1 Å². The molecule has 0 atom stereocenters. The number of hydrogen-bond acceptors (Lipinski definition) is 3. The van der Waals surface area contributed by atoms with Crippen molar-refractivity contribution >= 4 is 39.7 Å². The molecule has 0 radical (unpaired) electrons. The third kappa shape index (κ3) is 6.39. The highest BCUT2D eigenvalue weighted by Crippen LogP contribution is 2.25. The molecule has 0 aliphatic rings. The van der Waals surface area contributed by atoms with Crippen molar-refractivity contribution in [1.29, 1.82) is 0 Å². The Labute approximate surface area is 145 Å². The summed E-state index contributed by atoms with van der Waals surface area (Å²) >= 11 is 5.24. The van der Waals surface area contributed by atoms with E-state index in [2.05, 4.69) is 59.5 Å². The fourth-order valence-electron chi connectivity index (χ4n) is 1.73. The summed E-state index contributed by atoms with van der Waals surface area (Å²) in [7, 11) is 0. The molecule has 0 unspecified atom stereocenters. The van der Waals surface area contributed by atoms with Gasteiger partial charge in [-0.2, -0.15) is 0 Å². The lowest BCUT2D eigenvalue weighted by molar-refractivity contribution is 0.303. The molecule has 1 aromatic heterocycles. The van der Waals surface area contributed by atoms with E-state index in [1.807, 2.05) is 18.2 Å². The second-order valence-corrected chi connectivity index (χ2v) is 7.67. The molecule has 0 aliphatic carbocycles. The van der Waals surface area contributed by atoms with Gasteiger partial charge in [-0.3, -0.25) is 0 Å². The smallest absolute Gasteiger partial charge is 0.124 e. The first-order valence-electron chi connectivity index (χ1n) is 6.63. The second-order valence-electron chi connectivity index (χ2n) is 5.72. The Hall–Kier alpha value is -0.550. The molecule has 0 saturated carbocycles. The molecule has 0 saturated heterocycles. The van der Waals surface area contributed by atoms with Crippen LogP contribution in [0.1, 0.15) is 31.2 Å². The Bertz CT molecular complexity index is 552. The van der Waals surface area contributed by atoms with Crippen LogP contribution in [0.5, 0.6) is 5.75 Å². The van der Waals surface area contributed by atoms with Gasteiger partial charge in [-0.25, -0.2) is 0 Å². The summed E-state index contributed by atoms with van der Waals surface area (Å²) in [5.74, 6) is 0.943. The van der Waals surface area contributed by atoms with E-state index in [9.17, 15) is 0 Å². The van der Waals surface area contributed by atoms with E-state index in [0.717, 1.165) is 16.8 Å². The zero-order valence-electron chi connectivity index (χ0n) is 12.5. The van der Waals surface area contributed by atoms with E-state index < -0.39 is 0 Å². The van der Waals surface area contributed by atoms with Crippen LogP contribution in [-0.2, 0) is 13.2 Å². The van der Waals surface area contributed by atoms with Crippen LogP contribution in [0.2, 0.25) is 0 Å². The molecule has 2 aromatic rings. The van der Waals surface area contributed by atoms with Gasteiger partial charge in [-0.15, -0.1) is 23.7 Å². The van der Waals surface area contributed by atoms with E-state index in [1.54, 1.807) is 11.3 Å². The molecule has 2 rings (SSSR count). The Morgan fingerprint density at radius 1 is 1.24 bits per heavy atom. The third-order valence-corrected chi connectivity index (χ3v) is 4.12. The minimum Gasteiger partial charge on any atom is -0.488 e.